The number of aromatic nitrogens is 1. The van der Waals surface area contributed by atoms with Crippen LogP contribution in [0, 0.1) is 6.92 Å². The first-order valence-electron chi connectivity index (χ1n) is 7.14. The van der Waals surface area contributed by atoms with E-state index in [1.807, 2.05) is 13.8 Å². The first-order valence-corrected chi connectivity index (χ1v) is 7.14. The smallest absolute Gasteiger partial charge is 0.263 e. The molecule has 118 valence electrons. The molecule has 1 atom stereocenters. The van der Waals surface area contributed by atoms with E-state index in [0.717, 1.165) is 5.69 Å². The number of aliphatic hydroxyl groups is 2. The van der Waals surface area contributed by atoms with E-state index in [-0.39, 0.29) is 24.3 Å². The van der Waals surface area contributed by atoms with Crippen molar-refractivity contribution in [1.29, 1.82) is 0 Å². The number of hydrogen-bond acceptors (Lipinski definition) is 4. The van der Waals surface area contributed by atoms with E-state index in [0.29, 0.717) is 19.4 Å². The molecule has 0 saturated heterocycles. The molecule has 21 heavy (non-hydrogen) atoms. The first kappa shape index (κ1) is 17.4. The van der Waals surface area contributed by atoms with Gasteiger partial charge >= 0.3 is 0 Å². The second-order valence-electron chi connectivity index (χ2n) is 5.44. The van der Waals surface area contributed by atoms with Crippen molar-refractivity contribution in [2.45, 2.75) is 45.8 Å². The Bertz CT molecular complexity index is 549. The molecule has 1 amide bonds. The zero-order valence-electron chi connectivity index (χ0n) is 12.8. The lowest BCUT2D eigenvalue weighted by Crippen LogP contribution is -2.42. The summed E-state index contributed by atoms with van der Waals surface area (Å²) in [7, 11) is 0. The summed E-state index contributed by atoms with van der Waals surface area (Å²) in [5.74, 6) is -0.494. The van der Waals surface area contributed by atoms with Crippen LogP contribution in [0.2, 0.25) is 0 Å². The Morgan fingerprint density at radius 1 is 1.43 bits per heavy atom. The van der Waals surface area contributed by atoms with Crippen LogP contribution in [0.1, 0.15) is 42.7 Å². The number of nitrogens with zero attached hydrogens (tertiary/aromatic N) is 1. The van der Waals surface area contributed by atoms with Crippen LogP contribution in [0.25, 0.3) is 0 Å². The monoisotopic (exact) mass is 296 g/mol. The standard InChI is InChI=1S/C15H24N2O4/c1-4-17-11(2)6-7-12(14(17)20)13(19)16-10-15(3,21)8-5-9-18/h6-7,18,21H,4-5,8-10H2,1-3H3,(H,16,19)/t15-/m0/s1. The van der Waals surface area contributed by atoms with E-state index in [9.17, 15) is 14.7 Å². The van der Waals surface area contributed by atoms with Gasteiger partial charge < -0.3 is 20.1 Å². The molecule has 6 heteroatoms. The highest BCUT2D eigenvalue weighted by atomic mass is 16.3. The maximum atomic E-state index is 12.2. The van der Waals surface area contributed by atoms with Gasteiger partial charge in [-0.15, -0.1) is 0 Å². The molecular formula is C15H24N2O4. The average Bonchev–Trinajstić information content (AvgIpc) is 2.43. The van der Waals surface area contributed by atoms with Gasteiger partial charge in [0, 0.05) is 25.4 Å². The van der Waals surface area contributed by atoms with E-state index < -0.39 is 11.5 Å². The zero-order chi connectivity index (χ0) is 16.0. The van der Waals surface area contributed by atoms with Gasteiger partial charge in [0.15, 0.2) is 0 Å². The van der Waals surface area contributed by atoms with Crippen LogP contribution in [-0.4, -0.2) is 39.4 Å². The molecule has 1 aromatic rings. The van der Waals surface area contributed by atoms with E-state index in [2.05, 4.69) is 5.32 Å². The second-order valence-corrected chi connectivity index (χ2v) is 5.44. The normalized spacial score (nSPS) is 13.8. The van der Waals surface area contributed by atoms with Crippen molar-refractivity contribution in [3.05, 3.63) is 33.7 Å². The zero-order valence-corrected chi connectivity index (χ0v) is 12.8. The van der Waals surface area contributed by atoms with Gasteiger partial charge in [-0.05, 0) is 45.7 Å². The molecule has 0 spiro atoms. The van der Waals surface area contributed by atoms with Crippen molar-refractivity contribution in [3.8, 4) is 0 Å². The van der Waals surface area contributed by atoms with E-state index in [1.54, 1.807) is 13.0 Å². The van der Waals surface area contributed by atoms with E-state index in [4.69, 9.17) is 5.11 Å². The molecule has 0 aromatic carbocycles. The Hall–Kier alpha value is -1.66. The topological polar surface area (TPSA) is 91.6 Å². The lowest BCUT2D eigenvalue weighted by molar-refractivity contribution is 0.0415. The van der Waals surface area contributed by atoms with Gasteiger partial charge in [0.2, 0.25) is 0 Å². The van der Waals surface area contributed by atoms with Crippen LogP contribution in [0.5, 0.6) is 0 Å². The van der Waals surface area contributed by atoms with Crippen molar-refractivity contribution in [2.24, 2.45) is 0 Å². The lowest BCUT2D eigenvalue weighted by atomic mass is 10.0. The number of pyridine rings is 1. The van der Waals surface area contributed by atoms with Gasteiger partial charge in [0.25, 0.3) is 11.5 Å². The molecule has 1 rings (SSSR count). The van der Waals surface area contributed by atoms with Crippen LogP contribution in [0.15, 0.2) is 16.9 Å². The SMILES string of the molecule is CCn1c(C)ccc(C(=O)NC[C@@](C)(O)CCCO)c1=O. The molecule has 1 heterocycles. The summed E-state index contributed by atoms with van der Waals surface area (Å²) in [5.41, 5.74) is -0.563. The summed E-state index contributed by atoms with van der Waals surface area (Å²) in [4.78, 5) is 24.2. The molecule has 0 saturated carbocycles. The van der Waals surface area contributed by atoms with Gasteiger partial charge in [-0.1, -0.05) is 0 Å². The summed E-state index contributed by atoms with van der Waals surface area (Å²) in [5, 5.41) is 21.4. The molecular weight excluding hydrogens is 272 g/mol. The maximum Gasteiger partial charge on any atom is 0.263 e. The third-order valence-corrected chi connectivity index (χ3v) is 3.46. The predicted molar refractivity (Wildman–Crippen MR) is 80.4 cm³/mol. The first-order chi connectivity index (χ1) is 9.82. The Balaban J connectivity index is 2.80. The molecule has 0 aliphatic carbocycles. The van der Waals surface area contributed by atoms with E-state index >= 15 is 0 Å². The molecule has 0 bridgehead atoms. The van der Waals surface area contributed by atoms with Crippen molar-refractivity contribution in [2.75, 3.05) is 13.2 Å². The fraction of sp³-hybridized carbons (Fsp3) is 0.600. The summed E-state index contributed by atoms with van der Waals surface area (Å²) < 4.78 is 1.53. The van der Waals surface area contributed by atoms with Gasteiger partial charge in [-0.3, -0.25) is 9.59 Å². The summed E-state index contributed by atoms with van der Waals surface area (Å²) in [6.45, 7) is 5.76. The minimum absolute atomic E-state index is 0.0106. The Morgan fingerprint density at radius 3 is 2.67 bits per heavy atom. The van der Waals surface area contributed by atoms with Crippen LogP contribution < -0.4 is 10.9 Å². The summed E-state index contributed by atoms with van der Waals surface area (Å²) in [6, 6.07) is 3.23. The number of rotatable bonds is 7. The number of nitrogens with one attached hydrogen (secondary N) is 1. The van der Waals surface area contributed by atoms with Crippen molar-refractivity contribution < 1.29 is 15.0 Å². The summed E-state index contributed by atoms with van der Waals surface area (Å²) >= 11 is 0. The molecule has 0 aliphatic heterocycles. The molecule has 0 radical (unpaired) electrons. The predicted octanol–water partition coefficient (Wildman–Crippen LogP) is 0.430. The number of carbonyl (C=O) groups is 1. The Labute approximate surface area is 124 Å². The van der Waals surface area contributed by atoms with Gasteiger partial charge in [0.1, 0.15) is 5.56 Å². The average molecular weight is 296 g/mol. The molecule has 0 fully saturated rings. The minimum Gasteiger partial charge on any atom is -0.396 e. The molecule has 3 N–H and O–H groups in total. The maximum absolute atomic E-state index is 12.2. The number of carbonyl (C=O) groups excluding carboxylic acids is 1. The second kappa shape index (κ2) is 7.38. The van der Waals surface area contributed by atoms with Crippen LogP contribution in [-0.2, 0) is 6.54 Å². The van der Waals surface area contributed by atoms with Crippen LogP contribution in [0.4, 0.5) is 0 Å². The molecule has 0 unspecified atom stereocenters. The molecule has 6 nitrogen and oxygen atoms in total. The van der Waals surface area contributed by atoms with Gasteiger partial charge in [-0.2, -0.15) is 0 Å². The van der Waals surface area contributed by atoms with Crippen molar-refractivity contribution in [1.82, 2.24) is 9.88 Å². The Morgan fingerprint density at radius 2 is 2.10 bits per heavy atom. The Kier molecular flexibility index (Phi) is 6.11. The fourth-order valence-corrected chi connectivity index (χ4v) is 2.15. The van der Waals surface area contributed by atoms with Crippen LogP contribution in [0.3, 0.4) is 0 Å². The quantitative estimate of drug-likeness (QED) is 0.680. The van der Waals surface area contributed by atoms with E-state index in [1.165, 1.54) is 10.6 Å². The number of aryl methyl sites for hydroxylation is 1. The number of hydrogen-bond donors (Lipinski definition) is 3. The van der Waals surface area contributed by atoms with Crippen molar-refractivity contribution >= 4 is 5.91 Å². The highest BCUT2D eigenvalue weighted by molar-refractivity contribution is 5.93. The molecule has 1 aromatic heterocycles. The lowest BCUT2D eigenvalue weighted by Gasteiger charge is -2.23. The third-order valence-electron chi connectivity index (χ3n) is 3.46. The number of amides is 1. The van der Waals surface area contributed by atoms with Gasteiger partial charge in [0.05, 0.1) is 5.60 Å². The highest BCUT2D eigenvalue weighted by Gasteiger charge is 2.22. The third kappa shape index (κ3) is 4.68. The highest BCUT2D eigenvalue weighted by Crippen LogP contribution is 2.10. The molecule has 0 aliphatic rings. The van der Waals surface area contributed by atoms with Crippen molar-refractivity contribution in [3.63, 3.8) is 0 Å². The largest absolute Gasteiger partial charge is 0.396 e. The summed E-state index contributed by atoms with van der Waals surface area (Å²) in [6.07, 6.45) is 0.826. The van der Waals surface area contributed by atoms with Gasteiger partial charge in [-0.25, -0.2) is 0 Å². The number of aliphatic hydroxyl groups excluding tert-OH is 1. The van der Waals surface area contributed by atoms with Crippen LogP contribution >= 0.6 is 0 Å². The fourth-order valence-electron chi connectivity index (χ4n) is 2.15. The minimum atomic E-state index is -1.10.